The van der Waals surface area contributed by atoms with E-state index in [0.29, 0.717) is 5.56 Å². The molecule has 0 bridgehead atoms. The van der Waals surface area contributed by atoms with Crippen LogP contribution in [0.3, 0.4) is 0 Å². The van der Waals surface area contributed by atoms with Crippen LogP contribution in [0.2, 0.25) is 0 Å². The lowest BCUT2D eigenvalue weighted by Gasteiger charge is -2.09. The first-order valence-corrected chi connectivity index (χ1v) is 5.54. The second kappa shape index (κ2) is 4.63. The van der Waals surface area contributed by atoms with Crippen LogP contribution in [0.4, 0.5) is 4.39 Å². The SMILES string of the molecule is Cc1ccc(-c2cc(F)c(CN)cc2C)cn1. The number of nitrogens with two attached hydrogens (primary N) is 1. The van der Waals surface area contributed by atoms with E-state index < -0.39 is 0 Å². The summed E-state index contributed by atoms with van der Waals surface area (Å²) in [5.74, 6) is -0.256. The van der Waals surface area contributed by atoms with E-state index in [2.05, 4.69) is 4.98 Å². The van der Waals surface area contributed by atoms with E-state index >= 15 is 0 Å². The third-order valence-electron chi connectivity index (χ3n) is 2.84. The zero-order valence-corrected chi connectivity index (χ0v) is 10.00. The van der Waals surface area contributed by atoms with Gasteiger partial charge in [-0.25, -0.2) is 4.39 Å². The van der Waals surface area contributed by atoms with Crippen LogP contribution in [0.1, 0.15) is 16.8 Å². The molecule has 2 rings (SSSR count). The summed E-state index contributed by atoms with van der Waals surface area (Å²) in [7, 11) is 0. The highest BCUT2D eigenvalue weighted by Crippen LogP contribution is 2.25. The van der Waals surface area contributed by atoms with Crippen LogP contribution in [0, 0.1) is 19.7 Å². The van der Waals surface area contributed by atoms with Gasteiger partial charge in [-0.2, -0.15) is 0 Å². The lowest BCUT2D eigenvalue weighted by molar-refractivity contribution is 0.610. The molecule has 0 radical (unpaired) electrons. The molecule has 2 nitrogen and oxygen atoms in total. The molecule has 0 fully saturated rings. The summed E-state index contributed by atoms with van der Waals surface area (Å²) in [4.78, 5) is 4.22. The van der Waals surface area contributed by atoms with Gasteiger partial charge in [0.15, 0.2) is 0 Å². The Morgan fingerprint density at radius 1 is 1.24 bits per heavy atom. The first kappa shape index (κ1) is 11.7. The van der Waals surface area contributed by atoms with Gasteiger partial charge in [-0.3, -0.25) is 4.98 Å². The minimum absolute atomic E-state index is 0.221. The van der Waals surface area contributed by atoms with Crippen molar-refractivity contribution in [2.75, 3.05) is 0 Å². The van der Waals surface area contributed by atoms with Crippen LogP contribution in [0.25, 0.3) is 11.1 Å². The van der Waals surface area contributed by atoms with E-state index in [1.807, 2.05) is 26.0 Å². The Morgan fingerprint density at radius 2 is 2.00 bits per heavy atom. The summed E-state index contributed by atoms with van der Waals surface area (Å²) in [5.41, 5.74) is 9.78. The van der Waals surface area contributed by atoms with Crippen LogP contribution < -0.4 is 5.73 Å². The van der Waals surface area contributed by atoms with Crippen molar-refractivity contribution >= 4 is 0 Å². The molecule has 3 heteroatoms. The van der Waals surface area contributed by atoms with Gasteiger partial charge >= 0.3 is 0 Å². The summed E-state index contributed by atoms with van der Waals surface area (Å²) < 4.78 is 13.7. The zero-order chi connectivity index (χ0) is 12.4. The van der Waals surface area contributed by atoms with Gasteiger partial charge in [0.1, 0.15) is 5.82 Å². The summed E-state index contributed by atoms with van der Waals surface area (Å²) in [5, 5.41) is 0. The molecule has 2 aromatic rings. The molecule has 0 aliphatic rings. The molecule has 88 valence electrons. The smallest absolute Gasteiger partial charge is 0.128 e. The molecule has 1 aromatic heterocycles. The number of aromatic nitrogens is 1. The van der Waals surface area contributed by atoms with Gasteiger partial charge < -0.3 is 5.73 Å². The summed E-state index contributed by atoms with van der Waals surface area (Å²) in [6, 6.07) is 7.20. The number of hydrogen-bond acceptors (Lipinski definition) is 2. The average molecular weight is 230 g/mol. The lowest BCUT2D eigenvalue weighted by atomic mass is 9.99. The third-order valence-corrected chi connectivity index (χ3v) is 2.84. The maximum Gasteiger partial charge on any atom is 0.128 e. The molecule has 17 heavy (non-hydrogen) atoms. The summed E-state index contributed by atoms with van der Waals surface area (Å²) >= 11 is 0. The van der Waals surface area contributed by atoms with E-state index in [1.54, 1.807) is 12.3 Å². The monoisotopic (exact) mass is 230 g/mol. The summed E-state index contributed by atoms with van der Waals surface area (Å²) in [6.45, 7) is 4.10. The normalized spacial score (nSPS) is 10.6. The summed E-state index contributed by atoms with van der Waals surface area (Å²) in [6.07, 6.45) is 1.76. The minimum Gasteiger partial charge on any atom is -0.326 e. The van der Waals surface area contributed by atoms with Gasteiger partial charge in [0.2, 0.25) is 0 Å². The molecular formula is C14H15FN2. The Labute approximate surface area is 100 Å². The molecule has 1 heterocycles. The van der Waals surface area contributed by atoms with Crippen molar-refractivity contribution in [3.8, 4) is 11.1 Å². The number of benzene rings is 1. The molecule has 0 unspecified atom stereocenters. The van der Waals surface area contributed by atoms with E-state index in [1.165, 1.54) is 6.07 Å². The molecular weight excluding hydrogens is 215 g/mol. The van der Waals surface area contributed by atoms with Crippen molar-refractivity contribution in [2.24, 2.45) is 5.73 Å². The van der Waals surface area contributed by atoms with Crippen LogP contribution >= 0.6 is 0 Å². The highest BCUT2D eigenvalue weighted by Gasteiger charge is 2.08. The highest BCUT2D eigenvalue weighted by atomic mass is 19.1. The molecule has 0 amide bonds. The highest BCUT2D eigenvalue weighted by molar-refractivity contribution is 5.67. The van der Waals surface area contributed by atoms with Gasteiger partial charge in [0, 0.05) is 29.6 Å². The predicted octanol–water partition coefficient (Wildman–Crippen LogP) is 2.96. The maximum absolute atomic E-state index is 13.7. The number of hydrogen-bond donors (Lipinski definition) is 1. The first-order valence-electron chi connectivity index (χ1n) is 5.54. The van der Waals surface area contributed by atoms with Gasteiger partial charge in [-0.1, -0.05) is 12.1 Å². The fraction of sp³-hybridized carbons (Fsp3) is 0.214. The van der Waals surface area contributed by atoms with E-state index in [9.17, 15) is 4.39 Å². The van der Waals surface area contributed by atoms with E-state index in [0.717, 1.165) is 22.4 Å². The molecule has 1 aromatic carbocycles. The average Bonchev–Trinajstić information content (AvgIpc) is 2.33. The van der Waals surface area contributed by atoms with E-state index in [4.69, 9.17) is 5.73 Å². The van der Waals surface area contributed by atoms with Gasteiger partial charge in [0.25, 0.3) is 0 Å². The third kappa shape index (κ3) is 2.34. The Hall–Kier alpha value is -1.74. The van der Waals surface area contributed by atoms with Gasteiger partial charge in [-0.15, -0.1) is 0 Å². The number of halogens is 1. The van der Waals surface area contributed by atoms with Crippen molar-refractivity contribution in [1.82, 2.24) is 4.98 Å². The van der Waals surface area contributed by atoms with Gasteiger partial charge in [-0.05, 0) is 37.1 Å². The van der Waals surface area contributed by atoms with Crippen molar-refractivity contribution in [3.05, 3.63) is 53.1 Å². The van der Waals surface area contributed by atoms with Crippen molar-refractivity contribution in [2.45, 2.75) is 20.4 Å². The Morgan fingerprint density at radius 3 is 2.59 bits per heavy atom. The molecule has 0 spiro atoms. The fourth-order valence-corrected chi connectivity index (χ4v) is 1.84. The van der Waals surface area contributed by atoms with Crippen molar-refractivity contribution in [1.29, 1.82) is 0 Å². The molecule has 0 atom stereocenters. The Bertz CT molecular complexity index is 533. The van der Waals surface area contributed by atoms with Crippen molar-refractivity contribution in [3.63, 3.8) is 0 Å². The zero-order valence-electron chi connectivity index (χ0n) is 10.00. The first-order chi connectivity index (χ1) is 8.11. The second-order valence-corrected chi connectivity index (χ2v) is 4.15. The Kier molecular flexibility index (Phi) is 3.20. The minimum atomic E-state index is -0.256. The maximum atomic E-state index is 13.7. The molecule has 0 aliphatic carbocycles. The largest absolute Gasteiger partial charge is 0.326 e. The quantitative estimate of drug-likeness (QED) is 0.861. The number of nitrogens with zero attached hydrogens (tertiary/aromatic N) is 1. The molecule has 0 aliphatic heterocycles. The van der Waals surface area contributed by atoms with Gasteiger partial charge in [0.05, 0.1) is 0 Å². The topological polar surface area (TPSA) is 38.9 Å². The van der Waals surface area contributed by atoms with Crippen LogP contribution in [-0.2, 0) is 6.54 Å². The molecule has 0 saturated heterocycles. The molecule has 2 N–H and O–H groups in total. The predicted molar refractivity (Wildman–Crippen MR) is 67.0 cm³/mol. The van der Waals surface area contributed by atoms with E-state index in [-0.39, 0.29) is 12.4 Å². The number of aryl methyl sites for hydroxylation is 2. The number of rotatable bonds is 2. The van der Waals surface area contributed by atoms with Crippen LogP contribution in [0.15, 0.2) is 30.5 Å². The Balaban J connectivity index is 2.52. The second-order valence-electron chi connectivity index (χ2n) is 4.15. The fourth-order valence-electron chi connectivity index (χ4n) is 1.84. The standard InChI is InChI=1S/C14H15FN2/c1-9-5-12(7-16)14(15)6-13(9)11-4-3-10(2)17-8-11/h3-6,8H,7,16H2,1-2H3. The van der Waals surface area contributed by atoms with Crippen LogP contribution in [-0.4, -0.2) is 4.98 Å². The molecule has 0 saturated carbocycles. The van der Waals surface area contributed by atoms with Crippen molar-refractivity contribution < 1.29 is 4.39 Å². The lowest BCUT2D eigenvalue weighted by Crippen LogP contribution is -2.01. The van der Waals surface area contributed by atoms with Crippen LogP contribution in [0.5, 0.6) is 0 Å². The number of pyridine rings is 1.